The summed E-state index contributed by atoms with van der Waals surface area (Å²) in [6, 6.07) is 8.73. The molecule has 1 aliphatic heterocycles. The number of fused-ring (bicyclic) bond motifs is 1. The minimum absolute atomic E-state index is 0.233. The van der Waals surface area contributed by atoms with E-state index < -0.39 is 29.5 Å². The Hall–Kier alpha value is -4.53. The lowest BCUT2D eigenvalue weighted by Crippen LogP contribution is -2.52. The van der Waals surface area contributed by atoms with Gasteiger partial charge in [-0.3, -0.25) is 19.4 Å². The Kier molecular flexibility index (Phi) is 7.85. The molecule has 0 aliphatic carbocycles. The topological polar surface area (TPSA) is 122 Å². The molecule has 0 saturated carbocycles. The van der Waals surface area contributed by atoms with Gasteiger partial charge in [-0.25, -0.2) is 4.79 Å². The molecule has 1 aliphatic rings. The number of hydrogen-bond acceptors (Lipinski definition) is 6. The fraction of sp³-hybridized carbons (Fsp3) is 0.276. The number of allylic oxidation sites excluding steroid dienone is 1. The Morgan fingerprint density at radius 1 is 1.24 bits per heavy atom. The molecule has 196 valence electrons. The summed E-state index contributed by atoms with van der Waals surface area (Å²) in [5, 5.41) is 6.89. The zero-order valence-electron chi connectivity index (χ0n) is 21.6. The first-order valence-corrected chi connectivity index (χ1v) is 12.4. The molecule has 4 rings (SSSR count). The molecule has 0 spiro atoms. The molecule has 0 radical (unpaired) electrons. The van der Waals surface area contributed by atoms with Crippen LogP contribution in [0.5, 0.6) is 0 Å². The van der Waals surface area contributed by atoms with Crippen molar-refractivity contribution in [2.24, 2.45) is 0 Å². The van der Waals surface area contributed by atoms with E-state index in [1.807, 2.05) is 25.1 Å². The number of pyridine rings is 1. The van der Waals surface area contributed by atoms with E-state index in [0.717, 1.165) is 10.8 Å². The lowest BCUT2D eigenvalue weighted by Gasteiger charge is -2.27. The van der Waals surface area contributed by atoms with Gasteiger partial charge in [-0.05, 0) is 51.3 Å². The standard InChI is InChI=1S/C29H30N4O5/c1-5-20-17(2)15-26(34)38-25(20)16-18(3)31-28(36)24-11-8-14-33(24)29(37)19(4)32-27(35)22-12-13-30-23-10-7-6-9-21(22)23/h5-7,9-10,12-13,15-16,19,24H,3,8,11,14H2,1-2,4H3,(H,31,36)(H,32,35)/b20-5-,25-16+/t19-,24+/m1/s1. The van der Waals surface area contributed by atoms with Gasteiger partial charge in [0.1, 0.15) is 17.5 Å². The van der Waals surface area contributed by atoms with Crippen LogP contribution >= 0.6 is 0 Å². The van der Waals surface area contributed by atoms with Crippen molar-refractivity contribution >= 4 is 40.8 Å². The second-order valence-electron chi connectivity index (χ2n) is 9.23. The summed E-state index contributed by atoms with van der Waals surface area (Å²) in [5.41, 5.74) is 1.88. The molecule has 0 bridgehead atoms. The molecule has 1 fully saturated rings. The predicted molar refractivity (Wildman–Crippen MR) is 144 cm³/mol. The minimum Gasteiger partial charge on any atom is -0.423 e. The van der Waals surface area contributed by atoms with E-state index in [0.29, 0.717) is 41.3 Å². The molecule has 1 aromatic carbocycles. The van der Waals surface area contributed by atoms with Crippen molar-refractivity contribution in [2.45, 2.75) is 45.7 Å². The van der Waals surface area contributed by atoms with Gasteiger partial charge >= 0.3 is 5.63 Å². The number of carbonyl (C=O) groups is 3. The smallest absolute Gasteiger partial charge is 0.336 e. The fourth-order valence-electron chi connectivity index (χ4n) is 4.74. The molecular weight excluding hydrogens is 484 g/mol. The Bertz CT molecular complexity index is 1600. The maximum Gasteiger partial charge on any atom is 0.336 e. The zero-order valence-corrected chi connectivity index (χ0v) is 21.6. The van der Waals surface area contributed by atoms with Crippen LogP contribution in [0, 0.1) is 6.92 Å². The van der Waals surface area contributed by atoms with Gasteiger partial charge in [-0.2, -0.15) is 0 Å². The van der Waals surface area contributed by atoms with E-state index in [4.69, 9.17) is 4.42 Å². The van der Waals surface area contributed by atoms with Gasteiger partial charge in [0, 0.05) is 41.2 Å². The molecule has 2 atom stereocenters. The number of amides is 3. The van der Waals surface area contributed by atoms with Crippen molar-refractivity contribution in [1.29, 1.82) is 0 Å². The van der Waals surface area contributed by atoms with E-state index in [1.165, 1.54) is 17.0 Å². The minimum atomic E-state index is -0.846. The van der Waals surface area contributed by atoms with Crippen LogP contribution in [0.3, 0.4) is 0 Å². The van der Waals surface area contributed by atoms with E-state index in [9.17, 15) is 19.2 Å². The third-order valence-electron chi connectivity index (χ3n) is 6.56. The summed E-state index contributed by atoms with van der Waals surface area (Å²) in [4.78, 5) is 56.9. The number of nitrogens with one attached hydrogen (secondary N) is 2. The van der Waals surface area contributed by atoms with Gasteiger partial charge in [-0.15, -0.1) is 0 Å². The Balaban J connectivity index is 1.45. The molecule has 3 aromatic rings. The summed E-state index contributed by atoms with van der Waals surface area (Å²) in [6.07, 6.45) is 5.98. The number of para-hydroxylation sites is 1. The van der Waals surface area contributed by atoms with Crippen LogP contribution in [0.25, 0.3) is 23.1 Å². The third kappa shape index (κ3) is 5.56. The number of hydrogen-bond donors (Lipinski definition) is 2. The van der Waals surface area contributed by atoms with E-state index in [1.54, 1.807) is 38.3 Å². The van der Waals surface area contributed by atoms with Crippen LogP contribution in [-0.2, 0) is 9.59 Å². The quantitative estimate of drug-likeness (QED) is 0.515. The third-order valence-corrected chi connectivity index (χ3v) is 6.56. The van der Waals surface area contributed by atoms with E-state index in [-0.39, 0.29) is 11.6 Å². The summed E-state index contributed by atoms with van der Waals surface area (Å²) in [6.45, 7) is 9.48. The SMILES string of the molecule is C=C(/C=c1/oc(=O)cc(C)/c1=C/C)NC(=O)[C@@H]1CCCN1C(=O)[C@@H](C)NC(=O)c1ccnc2ccccc12. The lowest BCUT2D eigenvalue weighted by atomic mass is 10.1. The van der Waals surface area contributed by atoms with Crippen molar-refractivity contribution in [3.05, 3.63) is 87.1 Å². The second kappa shape index (κ2) is 11.2. The highest BCUT2D eigenvalue weighted by Crippen LogP contribution is 2.20. The van der Waals surface area contributed by atoms with Gasteiger partial charge in [0.15, 0.2) is 0 Å². The van der Waals surface area contributed by atoms with Gasteiger partial charge in [0.25, 0.3) is 5.91 Å². The van der Waals surface area contributed by atoms with Crippen LogP contribution < -0.4 is 26.9 Å². The van der Waals surface area contributed by atoms with Crippen LogP contribution in [0.15, 0.2) is 64.1 Å². The zero-order chi connectivity index (χ0) is 27.4. The highest BCUT2D eigenvalue weighted by Gasteiger charge is 2.36. The number of rotatable bonds is 6. The van der Waals surface area contributed by atoms with Crippen molar-refractivity contribution < 1.29 is 18.8 Å². The molecule has 2 aromatic heterocycles. The second-order valence-corrected chi connectivity index (χ2v) is 9.23. The summed E-state index contributed by atoms with van der Waals surface area (Å²) >= 11 is 0. The normalized spacial score (nSPS) is 16.9. The molecule has 2 N–H and O–H groups in total. The number of aromatic nitrogens is 1. The number of aryl methyl sites for hydroxylation is 1. The van der Waals surface area contributed by atoms with E-state index in [2.05, 4.69) is 22.2 Å². The molecule has 3 heterocycles. The van der Waals surface area contributed by atoms with Gasteiger partial charge in [0.2, 0.25) is 11.8 Å². The Labute approximate surface area is 219 Å². The maximum absolute atomic E-state index is 13.3. The van der Waals surface area contributed by atoms with Crippen LogP contribution in [0.2, 0.25) is 0 Å². The molecule has 3 amide bonds. The Morgan fingerprint density at radius 3 is 2.76 bits per heavy atom. The molecular formula is C29H30N4O5. The fourth-order valence-corrected chi connectivity index (χ4v) is 4.74. The first kappa shape index (κ1) is 26.5. The first-order valence-electron chi connectivity index (χ1n) is 12.4. The van der Waals surface area contributed by atoms with Gasteiger partial charge in [0.05, 0.1) is 11.1 Å². The van der Waals surface area contributed by atoms with Crippen molar-refractivity contribution in [3.63, 3.8) is 0 Å². The van der Waals surface area contributed by atoms with Crippen molar-refractivity contribution in [3.8, 4) is 0 Å². The van der Waals surface area contributed by atoms with Crippen LogP contribution in [0.4, 0.5) is 0 Å². The number of likely N-dealkylation sites (tertiary alicyclic amines) is 1. The molecule has 1 saturated heterocycles. The van der Waals surface area contributed by atoms with E-state index >= 15 is 0 Å². The van der Waals surface area contributed by atoms with Gasteiger partial charge in [-0.1, -0.05) is 30.9 Å². The number of benzene rings is 1. The average molecular weight is 515 g/mol. The Morgan fingerprint density at radius 2 is 2.00 bits per heavy atom. The van der Waals surface area contributed by atoms with Gasteiger partial charge < -0.3 is 20.0 Å². The molecule has 9 heteroatoms. The predicted octanol–water partition coefficient (Wildman–Crippen LogP) is 1.52. The monoisotopic (exact) mass is 514 g/mol. The van der Waals surface area contributed by atoms with Crippen LogP contribution in [-0.4, -0.2) is 46.2 Å². The lowest BCUT2D eigenvalue weighted by molar-refractivity contribution is -0.139. The number of carbonyl (C=O) groups excluding carboxylic acids is 3. The van der Waals surface area contributed by atoms with Crippen molar-refractivity contribution in [2.75, 3.05) is 6.54 Å². The highest BCUT2D eigenvalue weighted by molar-refractivity contribution is 6.07. The first-order chi connectivity index (χ1) is 18.2. The summed E-state index contributed by atoms with van der Waals surface area (Å²) in [7, 11) is 0. The molecule has 9 nitrogen and oxygen atoms in total. The average Bonchev–Trinajstić information content (AvgIpc) is 3.37. The van der Waals surface area contributed by atoms with Crippen molar-refractivity contribution in [1.82, 2.24) is 20.5 Å². The largest absolute Gasteiger partial charge is 0.423 e. The highest BCUT2D eigenvalue weighted by atomic mass is 16.4. The summed E-state index contributed by atoms with van der Waals surface area (Å²) in [5.74, 6) is -1.14. The number of nitrogens with zero attached hydrogens (tertiary/aromatic N) is 2. The maximum atomic E-state index is 13.3. The molecule has 0 unspecified atom stereocenters. The molecule has 38 heavy (non-hydrogen) atoms. The summed E-state index contributed by atoms with van der Waals surface area (Å²) < 4.78 is 5.29. The van der Waals surface area contributed by atoms with Crippen LogP contribution in [0.1, 0.15) is 42.6 Å².